The van der Waals surface area contributed by atoms with Crippen molar-refractivity contribution in [3.05, 3.63) is 10.4 Å². The lowest BCUT2D eigenvalue weighted by Gasteiger charge is -2.05. The molecule has 5 nitrogen and oxygen atoms in total. The van der Waals surface area contributed by atoms with Crippen molar-refractivity contribution in [2.24, 2.45) is 5.92 Å². The summed E-state index contributed by atoms with van der Waals surface area (Å²) >= 11 is 1.23. The number of ketones is 1. The average molecular weight is 279 g/mol. The van der Waals surface area contributed by atoms with Crippen molar-refractivity contribution in [3.8, 4) is 6.07 Å². The van der Waals surface area contributed by atoms with E-state index in [1.807, 2.05) is 6.07 Å². The number of nitrogen functional groups attached to an aromatic ring is 1. The fourth-order valence-electron chi connectivity index (χ4n) is 1.71. The Morgan fingerprint density at radius 2 is 2.37 bits per heavy atom. The molecule has 0 aliphatic heterocycles. The van der Waals surface area contributed by atoms with E-state index in [0.717, 1.165) is 12.5 Å². The summed E-state index contributed by atoms with van der Waals surface area (Å²) in [5.41, 5.74) is 6.43. The van der Waals surface area contributed by atoms with E-state index in [1.54, 1.807) is 0 Å². The standard InChI is InChI=1S/C13H17N3O2S/c1-8(17)12-11(15)10(6-14)13(19-12)16-4-5-18-7-9-2-3-9/h9,16H,2-5,7,15H2,1H3. The predicted molar refractivity (Wildman–Crippen MR) is 75.5 cm³/mol. The highest BCUT2D eigenvalue weighted by atomic mass is 32.1. The molecule has 1 heterocycles. The average Bonchev–Trinajstić information content (AvgIpc) is 3.13. The number of hydrogen-bond donors (Lipinski definition) is 2. The van der Waals surface area contributed by atoms with Crippen molar-refractivity contribution in [1.29, 1.82) is 5.26 Å². The molecule has 2 rings (SSSR count). The second kappa shape index (κ2) is 6.04. The van der Waals surface area contributed by atoms with E-state index >= 15 is 0 Å². The Kier molecular flexibility index (Phi) is 4.40. The van der Waals surface area contributed by atoms with E-state index in [2.05, 4.69) is 5.32 Å². The van der Waals surface area contributed by atoms with Crippen molar-refractivity contribution >= 4 is 27.8 Å². The van der Waals surface area contributed by atoms with Crippen molar-refractivity contribution < 1.29 is 9.53 Å². The fraction of sp³-hybridized carbons (Fsp3) is 0.538. The number of anilines is 2. The number of nitrogens with two attached hydrogens (primary N) is 1. The van der Waals surface area contributed by atoms with E-state index in [-0.39, 0.29) is 11.5 Å². The zero-order valence-electron chi connectivity index (χ0n) is 10.9. The normalized spacial score (nSPS) is 14.1. The van der Waals surface area contributed by atoms with Crippen LogP contribution in [-0.4, -0.2) is 25.5 Å². The highest BCUT2D eigenvalue weighted by Crippen LogP contribution is 2.35. The summed E-state index contributed by atoms with van der Waals surface area (Å²) < 4.78 is 5.50. The molecule has 1 saturated carbocycles. The number of nitrogens with one attached hydrogen (secondary N) is 1. The van der Waals surface area contributed by atoms with Gasteiger partial charge in [0.2, 0.25) is 0 Å². The number of ether oxygens (including phenoxy) is 1. The molecule has 1 fully saturated rings. The summed E-state index contributed by atoms with van der Waals surface area (Å²) in [6.45, 7) is 3.47. The van der Waals surface area contributed by atoms with Gasteiger partial charge in [0, 0.05) is 20.1 Å². The quantitative estimate of drug-likeness (QED) is 0.590. The molecule has 0 saturated heterocycles. The number of rotatable bonds is 7. The van der Waals surface area contributed by atoms with Gasteiger partial charge in [-0.05, 0) is 18.8 Å². The molecule has 0 amide bonds. The first-order chi connectivity index (χ1) is 9.13. The molecule has 19 heavy (non-hydrogen) atoms. The maximum Gasteiger partial charge on any atom is 0.171 e. The molecule has 0 atom stereocenters. The molecule has 1 aromatic rings. The highest BCUT2D eigenvalue weighted by Gasteiger charge is 2.21. The first kappa shape index (κ1) is 13.8. The Morgan fingerprint density at radius 3 is 2.95 bits per heavy atom. The monoisotopic (exact) mass is 279 g/mol. The van der Waals surface area contributed by atoms with Gasteiger partial charge >= 0.3 is 0 Å². The lowest BCUT2D eigenvalue weighted by atomic mass is 10.2. The third kappa shape index (κ3) is 3.46. The highest BCUT2D eigenvalue weighted by molar-refractivity contribution is 7.18. The maximum absolute atomic E-state index is 11.4. The van der Waals surface area contributed by atoms with Gasteiger partial charge in [0.15, 0.2) is 5.78 Å². The zero-order chi connectivity index (χ0) is 13.8. The Labute approximate surface area is 116 Å². The van der Waals surface area contributed by atoms with Crippen molar-refractivity contribution in [3.63, 3.8) is 0 Å². The molecule has 0 aromatic carbocycles. The molecule has 1 aliphatic rings. The smallest absolute Gasteiger partial charge is 0.171 e. The number of nitriles is 1. The van der Waals surface area contributed by atoms with Gasteiger partial charge in [-0.2, -0.15) is 5.26 Å². The molecule has 6 heteroatoms. The van der Waals surface area contributed by atoms with Crippen LogP contribution in [0.25, 0.3) is 0 Å². The third-order valence-electron chi connectivity index (χ3n) is 2.96. The predicted octanol–water partition coefficient (Wildman–Crippen LogP) is 2.24. The molecule has 0 spiro atoms. The van der Waals surface area contributed by atoms with Gasteiger partial charge < -0.3 is 15.8 Å². The second-order valence-electron chi connectivity index (χ2n) is 4.66. The molecule has 0 radical (unpaired) electrons. The van der Waals surface area contributed by atoms with Crippen LogP contribution in [0.2, 0.25) is 0 Å². The number of hydrogen-bond acceptors (Lipinski definition) is 6. The minimum Gasteiger partial charge on any atom is -0.396 e. The molecular formula is C13H17N3O2S. The van der Waals surface area contributed by atoms with E-state index in [9.17, 15) is 4.79 Å². The minimum atomic E-state index is -0.114. The van der Waals surface area contributed by atoms with E-state index in [0.29, 0.717) is 28.6 Å². The third-order valence-corrected chi connectivity index (χ3v) is 4.22. The Hall–Kier alpha value is -1.58. The van der Waals surface area contributed by atoms with E-state index < -0.39 is 0 Å². The Bertz CT molecular complexity index is 515. The molecule has 102 valence electrons. The van der Waals surface area contributed by atoms with Crippen molar-refractivity contribution in [1.82, 2.24) is 0 Å². The summed E-state index contributed by atoms with van der Waals surface area (Å²) in [7, 11) is 0. The van der Waals surface area contributed by atoms with Gasteiger partial charge in [-0.15, -0.1) is 11.3 Å². The van der Waals surface area contributed by atoms with Gasteiger partial charge in [-0.3, -0.25) is 4.79 Å². The Morgan fingerprint density at radius 1 is 1.63 bits per heavy atom. The summed E-state index contributed by atoms with van der Waals surface area (Å²) in [5.74, 6) is 0.633. The summed E-state index contributed by atoms with van der Waals surface area (Å²) in [5, 5.41) is 12.8. The largest absolute Gasteiger partial charge is 0.396 e. The topological polar surface area (TPSA) is 88.1 Å². The summed E-state index contributed by atoms with van der Waals surface area (Å²) in [6.07, 6.45) is 2.55. The van der Waals surface area contributed by atoms with Gasteiger partial charge in [0.1, 0.15) is 16.6 Å². The first-order valence-electron chi connectivity index (χ1n) is 6.28. The molecular weight excluding hydrogens is 262 g/mol. The van der Waals surface area contributed by atoms with Gasteiger partial charge in [-0.1, -0.05) is 0 Å². The van der Waals surface area contributed by atoms with Gasteiger partial charge in [0.25, 0.3) is 0 Å². The SMILES string of the molecule is CC(=O)c1sc(NCCOCC2CC2)c(C#N)c1N. The van der Waals surface area contributed by atoms with Crippen LogP contribution in [-0.2, 0) is 4.74 Å². The summed E-state index contributed by atoms with van der Waals surface area (Å²) in [4.78, 5) is 11.8. The van der Waals surface area contributed by atoms with Crippen LogP contribution in [0.4, 0.5) is 10.7 Å². The Balaban J connectivity index is 1.89. The van der Waals surface area contributed by atoms with Crippen LogP contribution >= 0.6 is 11.3 Å². The van der Waals surface area contributed by atoms with Crippen molar-refractivity contribution in [2.45, 2.75) is 19.8 Å². The number of nitrogens with zero attached hydrogens (tertiary/aromatic N) is 1. The summed E-state index contributed by atoms with van der Waals surface area (Å²) in [6, 6.07) is 2.04. The number of Topliss-reactive ketones (excluding diaryl/α,β-unsaturated/α-hetero) is 1. The minimum absolute atomic E-state index is 0.114. The molecule has 0 bridgehead atoms. The number of carbonyl (C=O) groups excluding carboxylic acids is 1. The van der Waals surface area contributed by atoms with Crippen LogP contribution < -0.4 is 11.1 Å². The zero-order valence-corrected chi connectivity index (χ0v) is 11.7. The van der Waals surface area contributed by atoms with Crippen LogP contribution in [0.15, 0.2) is 0 Å². The van der Waals surface area contributed by atoms with Crippen LogP contribution in [0, 0.1) is 17.2 Å². The number of thiophene rings is 1. The molecule has 0 unspecified atom stereocenters. The molecule has 1 aliphatic carbocycles. The van der Waals surface area contributed by atoms with Gasteiger partial charge in [0.05, 0.1) is 17.2 Å². The molecule has 3 N–H and O–H groups in total. The fourth-order valence-corrected chi connectivity index (χ4v) is 2.70. The van der Waals surface area contributed by atoms with Crippen molar-refractivity contribution in [2.75, 3.05) is 30.8 Å². The van der Waals surface area contributed by atoms with Gasteiger partial charge in [-0.25, -0.2) is 0 Å². The van der Waals surface area contributed by atoms with E-state index in [4.69, 9.17) is 15.7 Å². The second-order valence-corrected chi connectivity index (χ2v) is 5.68. The first-order valence-corrected chi connectivity index (χ1v) is 7.10. The maximum atomic E-state index is 11.4. The van der Waals surface area contributed by atoms with Crippen LogP contribution in [0.1, 0.15) is 35.0 Å². The van der Waals surface area contributed by atoms with E-state index in [1.165, 1.54) is 31.1 Å². The lowest BCUT2D eigenvalue weighted by Crippen LogP contribution is -2.10. The van der Waals surface area contributed by atoms with Crippen LogP contribution in [0.3, 0.4) is 0 Å². The molecule has 1 aromatic heterocycles. The number of carbonyl (C=O) groups is 1. The van der Waals surface area contributed by atoms with Crippen LogP contribution in [0.5, 0.6) is 0 Å². The lowest BCUT2D eigenvalue weighted by molar-refractivity contribution is 0.102.